The van der Waals surface area contributed by atoms with Gasteiger partial charge in [0.15, 0.2) is 5.96 Å². The van der Waals surface area contributed by atoms with E-state index < -0.39 is 11.7 Å². The van der Waals surface area contributed by atoms with Gasteiger partial charge in [0, 0.05) is 45.4 Å². The van der Waals surface area contributed by atoms with Crippen LogP contribution >= 0.6 is 24.0 Å². The fourth-order valence-corrected chi connectivity index (χ4v) is 2.96. The summed E-state index contributed by atoms with van der Waals surface area (Å²) in [6.07, 6.45) is -2.33. The van der Waals surface area contributed by atoms with E-state index in [0.717, 1.165) is 51.2 Å². The summed E-state index contributed by atoms with van der Waals surface area (Å²) in [7, 11) is 3.39. The molecule has 0 saturated carbocycles. The van der Waals surface area contributed by atoms with Crippen molar-refractivity contribution in [2.24, 2.45) is 4.99 Å². The largest absolute Gasteiger partial charge is 0.416 e. The van der Waals surface area contributed by atoms with Gasteiger partial charge in [0.25, 0.3) is 0 Å². The minimum Gasteiger partial charge on any atom is -0.383 e. The maximum Gasteiger partial charge on any atom is 0.416 e. The van der Waals surface area contributed by atoms with Crippen molar-refractivity contribution in [3.8, 4) is 11.8 Å². The van der Waals surface area contributed by atoms with E-state index in [-0.39, 0.29) is 24.0 Å². The molecule has 9 heteroatoms. The molecule has 162 valence electrons. The second-order valence-electron chi connectivity index (χ2n) is 6.56. The van der Waals surface area contributed by atoms with E-state index in [9.17, 15) is 13.2 Å². The van der Waals surface area contributed by atoms with Crippen LogP contribution in [0.5, 0.6) is 0 Å². The molecule has 0 atom stereocenters. The van der Waals surface area contributed by atoms with E-state index in [0.29, 0.717) is 24.1 Å². The highest BCUT2D eigenvalue weighted by atomic mass is 127. The minimum absolute atomic E-state index is 0. The first kappa shape index (κ1) is 25.5. The quantitative estimate of drug-likeness (QED) is 0.269. The zero-order chi connectivity index (χ0) is 20.4. The average Bonchev–Trinajstić information content (AvgIpc) is 2.69. The Balaban J connectivity index is 0.00000420. The molecule has 1 aliphatic rings. The van der Waals surface area contributed by atoms with Gasteiger partial charge in [0.05, 0.1) is 18.7 Å². The number of guanidine groups is 1. The maximum absolute atomic E-state index is 12.7. The maximum atomic E-state index is 12.7. The van der Waals surface area contributed by atoms with Gasteiger partial charge in [0.1, 0.15) is 0 Å². The molecule has 1 aliphatic heterocycles. The van der Waals surface area contributed by atoms with E-state index in [4.69, 9.17) is 4.74 Å². The lowest BCUT2D eigenvalue weighted by atomic mass is 10.1. The number of hydrogen-bond donors (Lipinski definition) is 2. The van der Waals surface area contributed by atoms with Gasteiger partial charge in [-0.2, -0.15) is 13.2 Å². The molecular formula is C20H28F3IN4O. The number of nitrogens with zero attached hydrogens (tertiary/aromatic N) is 2. The van der Waals surface area contributed by atoms with Crippen molar-refractivity contribution >= 4 is 29.9 Å². The van der Waals surface area contributed by atoms with Crippen LogP contribution in [-0.2, 0) is 10.9 Å². The average molecular weight is 524 g/mol. The molecule has 0 aliphatic carbocycles. The van der Waals surface area contributed by atoms with Crippen molar-refractivity contribution in [1.29, 1.82) is 0 Å². The van der Waals surface area contributed by atoms with Gasteiger partial charge in [-0.25, -0.2) is 0 Å². The summed E-state index contributed by atoms with van der Waals surface area (Å²) in [5.41, 5.74) is -0.357. The molecule has 1 fully saturated rings. The molecule has 0 aromatic heterocycles. The first-order valence-corrected chi connectivity index (χ1v) is 9.27. The summed E-state index contributed by atoms with van der Waals surface area (Å²) in [4.78, 5) is 6.56. The number of alkyl halides is 3. The van der Waals surface area contributed by atoms with Crippen LogP contribution in [0.25, 0.3) is 0 Å². The lowest BCUT2D eigenvalue weighted by Crippen LogP contribution is -2.49. The third kappa shape index (κ3) is 9.23. The number of nitrogens with one attached hydrogen (secondary N) is 2. The number of halogens is 4. The van der Waals surface area contributed by atoms with Gasteiger partial charge in [-0.1, -0.05) is 17.9 Å². The van der Waals surface area contributed by atoms with E-state index in [1.165, 1.54) is 6.07 Å². The normalized spacial score (nSPS) is 15.8. The van der Waals surface area contributed by atoms with Crippen molar-refractivity contribution in [2.75, 3.05) is 46.9 Å². The Morgan fingerprint density at radius 2 is 2.03 bits per heavy atom. The van der Waals surface area contributed by atoms with Crippen molar-refractivity contribution in [3.05, 3.63) is 35.4 Å². The smallest absolute Gasteiger partial charge is 0.383 e. The summed E-state index contributed by atoms with van der Waals surface area (Å²) in [6, 6.07) is 5.35. The monoisotopic (exact) mass is 524 g/mol. The third-order valence-electron chi connectivity index (χ3n) is 4.53. The number of methoxy groups -OCH3 is 1. The molecule has 0 radical (unpaired) electrons. The Bertz CT molecular complexity index is 708. The standard InChI is InChI=1S/C20H27F3N4O.HI/c1-24-19(26-18-8-11-27(12-9-18)13-14-28-2)25-10-4-6-16-5-3-7-17(15-16)20(21,22)23;/h3,5,7,15,18H,8-14H2,1-2H3,(H2,24,25,26);1H. The lowest BCUT2D eigenvalue weighted by Gasteiger charge is -2.32. The third-order valence-corrected chi connectivity index (χ3v) is 4.53. The highest BCUT2D eigenvalue weighted by Crippen LogP contribution is 2.29. The summed E-state index contributed by atoms with van der Waals surface area (Å²) in [5.74, 6) is 6.24. The number of benzene rings is 1. The molecular weight excluding hydrogens is 496 g/mol. The zero-order valence-electron chi connectivity index (χ0n) is 16.7. The number of hydrogen-bond acceptors (Lipinski definition) is 3. The molecule has 0 bridgehead atoms. The minimum atomic E-state index is -4.36. The molecule has 1 heterocycles. The fraction of sp³-hybridized carbons (Fsp3) is 0.550. The zero-order valence-corrected chi connectivity index (χ0v) is 19.0. The fourth-order valence-electron chi connectivity index (χ4n) is 2.96. The summed E-state index contributed by atoms with van der Waals surface area (Å²) in [6.45, 7) is 4.00. The SMILES string of the molecule is CN=C(NCC#Cc1cccc(C(F)(F)F)c1)NC1CCN(CCOC)CC1.I. The van der Waals surface area contributed by atoms with Crippen LogP contribution in [0.1, 0.15) is 24.0 Å². The van der Waals surface area contributed by atoms with Crippen molar-refractivity contribution in [1.82, 2.24) is 15.5 Å². The van der Waals surface area contributed by atoms with E-state index in [2.05, 4.69) is 32.4 Å². The van der Waals surface area contributed by atoms with Crippen molar-refractivity contribution in [3.63, 3.8) is 0 Å². The Morgan fingerprint density at radius 3 is 2.66 bits per heavy atom. The molecule has 2 rings (SSSR count). The van der Waals surface area contributed by atoms with Crippen LogP contribution in [0, 0.1) is 11.8 Å². The number of piperidine rings is 1. The van der Waals surface area contributed by atoms with Crippen LogP contribution in [0.4, 0.5) is 13.2 Å². The van der Waals surface area contributed by atoms with Gasteiger partial charge in [-0.3, -0.25) is 4.99 Å². The summed E-state index contributed by atoms with van der Waals surface area (Å²) in [5, 5.41) is 6.46. The topological polar surface area (TPSA) is 48.9 Å². The number of rotatable bonds is 5. The van der Waals surface area contributed by atoms with E-state index in [1.807, 2.05) is 0 Å². The Labute approximate surface area is 187 Å². The number of aliphatic imine (C=N–C) groups is 1. The molecule has 2 N–H and O–H groups in total. The van der Waals surface area contributed by atoms with Crippen molar-refractivity contribution in [2.45, 2.75) is 25.1 Å². The van der Waals surface area contributed by atoms with Gasteiger partial charge in [-0.05, 0) is 31.0 Å². The second kappa shape index (κ2) is 12.9. The van der Waals surface area contributed by atoms with Crippen molar-refractivity contribution < 1.29 is 17.9 Å². The van der Waals surface area contributed by atoms with Gasteiger partial charge < -0.3 is 20.3 Å². The van der Waals surface area contributed by atoms with Crippen LogP contribution < -0.4 is 10.6 Å². The highest BCUT2D eigenvalue weighted by molar-refractivity contribution is 14.0. The Morgan fingerprint density at radius 1 is 1.31 bits per heavy atom. The summed E-state index contributed by atoms with van der Waals surface area (Å²) >= 11 is 0. The summed E-state index contributed by atoms with van der Waals surface area (Å²) < 4.78 is 43.3. The predicted octanol–water partition coefficient (Wildman–Crippen LogP) is 2.95. The molecule has 29 heavy (non-hydrogen) atoms. The molecule has 0 spiro atoms. The molecule has 0 unspecified atom stereocenters. The van der Waals surface area contributed by atoms with Gasteiger partial charge in [0.2, 0.25) is 0 Å². The van der Waals surface area contributed by atoms with Gasteiger partial charge in [-0.15, -0.1) is 24.0 Å². The number of likely N-dealkylation sites (tertiary alicyclic amines) is 1. The molecule has 5 nitrogen and oxygen atoms in total. The van der Waals surface area contributed by atoms with Crippen LogP contribution in [0.3, 0.4) is 0 Å². The van der Waals surface area contributed by atoms with Crippen LogP contribution in [0.2, 0.25) is 0 Å². The van der Waals surface area contributed by atoms with Gasteiger partial charge >= 0.3 is 6.18 Å². The molecule has 1 aromatic rings. The highest BCUT2D eigenvalue weighted by Gasteiger charge is 2.30. The predicted molar refractivity (Wildman–Crippen MR) is 120 cm³/mol. The molecule has 1 aromatic carbocycles. The Hall–Kier alpha value is -1.51. The van der Waals surface area contributed by atoms with E-state index in [1.54, 1.807) is 20.2 Å². The number of ether oxygens (including phenoxy) is 1. The first-order chi connectivity index (χ1) is 13.4. The molecule has 1 saturated heterocycles. The molecule has 0 amide bonds. The van der Waals surface area contributed by atoms with Crippen LogP contribution in [0.15, 0.2) is 29.3 Å². The van der Waals surface area contributed by atoms with Crippen LogP contribution in [-0.4, -0.2) is 63.8 Å². The first-order valence-electron chi connectivity index (χ1n) is 9.27. The second-order valence-corrected chi connectivity index (χ2v) is 6.56. The lowest BCUT2D eigenvalue weighted by molar-refractivity contribution is -0.137. The van der Waals surface area contributed by atoms with E-state index >= 15 is 0 Å². The Kier molecular flexibility index (Phi) is 11.4.